The molecule has 1 amide bonds. The van der Waals surface area contributed by atoms with Gasteiger partial charge < -0.3 is 14.2 Å². The third-order valence-electron chi connectivity index (χ3n) is 6.57. The third-order valence-corrected chi connectivity index (χ3v) is 6.81. The zero-order valence-corrected chi connectivity index (χ0v) is 20.7. The molecule has 1 unspecified atom stereocenters. The SMILES string of the molecule is CCN(CC)CCN1C(=O)c2oc3ccc(Cl)cc3c(=O)c2C1c1ccc(C(C)(C)C)cc1. The summed E-state index contributed by atoms with van der Waals surface area (Å²) in [4.78, 5) is 31.2. The molecular weight excluding hydrogens is 436 g/mol. The summed E-state index contributed by atoms with van der Waals surface area (Å²) in [6, 6.07) is 12.7. The number of amides is 1. The molecule has 3 aromatic rings. The molecule has 1 aliphatic heterocycles. The standard InChI is InChI=1S/C27H31ClN2O3/c1-6-29(7-2)14-15-30-23(17-8-10-18(11-9-17)27(3,4)5)22-24(31)20-16-19(28)12-13-21(20)33-25(22)26(30)32/h8-13,16,23H,6-7,14-15H2,1-5H3. The summed E-state index contributed by atoms with van der Waals surface area (Å²) in [5, 5.41) is 0.861. The van der Waals surface area contributed by atoms with Gasteiger partial charge in [-0.1, -0.05) is 70.5 Å². The molecule has 0 bridgehead atoms. The first-order valence-corrected chi connectivity index (χ1v) is 11.9. The van der Waals surface area contributed by atoms with Crippen LogP contribution >= 0.6 is 11.6 Å². The zero-order chi connectivity index (χ0) is 23.9. The lowest BCUT2D eigenvalue weighted by atomic mass is 9.86. The number of hydrogen-bond donors (Lipinski definition) is 0. The van der Waals surface area contributed by atoms with Gasteiger partial charge in [-0.15, -0.1) is 0 Å². The van der Waals surface area contributed by atoms with Crippen LogP contribution in [0.5, 0.6) is 0 Å². The van der Waals surface area contributed by atoms with Crippen molar-refractivity contribution in [1.82, 2.24) is 9.80 Å². The predicted octanol–water partition coefficient (Wildman–Crippen LogP) is 5.63. The molecule has 0 saturated heterocycles. The highest BCUT2D eigenvalue weighted by molar-refractivity contribution is 6.31. The smallest absolute Gasteiger partial charge is 0.290 e. The predicted molar refractivity (Wildman–Crippen MR) is 133 cm³/mol. The highest BCUT2D eigenvalue weighted by Crippen LogP contribution is 2.39. The van der Waals surface area contributed by atoms with Crippen LogP contribution < -0.4 is 5.43 Å². The van der Waals surface area contributed by atoms with E-state index in [1.165, 1.54) is 5.56 Å². The maximum atomic E-state index is 13.6. The number of nitrogens with zero attached hydrogens (tertiary/aromatic N) is 2. The summed E-state index contributed by atoms with van der Waals surface area (Å²) in [7, 11) is 0. The van der Waals surface area contributed by atoms with Gasteiger partial charge in [0.05, 0.1) is 17.0 Å². The normalized spacial score (nSPS) is 16.2. The summed E-state index contributed by atoms with van der Waals surface area (Å²) in [5.74, 6) is -0.102. The molecule has 0 N–H and O–H groups in total. The van der Waals surface area contributed by atoms with Crippen LogP contribution in [0, 0.1) is 0 Å². The molecule has 4 rings (SSSR count). The average Bonchev–Trinajstić information content (AvgIpc) is 3.06. The first kappa shape index (κ1) is 23.5. The Balaban J connectivity index is 1.86. The van der Waals surface area contributed by atoms with Crippen molar-refractivity contribution in [3.8, 4) is 0 Å². The summed E-state index contributed by atoms with van der Waals surface area (Å²) in [6.07, 6.45) is 0. The van der Waals surface area contributed by atoms with E-state index in [2.05, 4.69) is 51.7 Å². The fourth-order valence-electron chi connectivity index (χ4n) is 4.52. The van der Waals surface area contributed by atoms with E-state index in [4.69, 9.17) is 16.0 Å². The summed E-state index contributed by atoms with van der Waals surface area (Å²) in [5.41, 5.74) is 2.70. The number of rotatable bonds is 6. The third kappa shape index (κ3) is 4.32. The van der Waals surface area contributed by atoms with Crippen molar-refractivity contribution in [3.05, 3.63) is 80.2 Å². The maximum Gasteiger partial charge on any atom is 0.290 e. The molecule has 0 fully saturated rings. The lowest BCUT2D eigenvalue weighted by Gasteiger charge is -2.28. The van der Waals surface area contributed by atoms with Crippen LogP contribution in [0.1, 0.15) is 67.9 Å². The Morgan fingerprint density at radius 3 is 2.30 bits per heavy atom. The van der Waals surface area contributed by atoms with Gasteiger partial charge >= 0.3 is 0 Å². The van der Waals surface area contributed by atoms with Gasteiger partial charge in [0.1, 0.15) is 5.58 Å². The van der Waals surface area contributed by atoms with Gasteiger partial charge in [-0.25, -0.2) is 0 Å². The Morgan fingerprint density at radius 2 is 1.70 bits per heavy atom. The minimum absolute atomic E-state index is 0.0103. The minimum Gasteiger partial charge on any atom is -0.450 e. The molecular formula is C27H31ClN2O3. The van der Waals surface area contributed by atoms with E-state index < -0.39 is 6.04 Å². The molecule has 2 aromatic carbocycles. The van der Waals surface area contributed by atoms with E-state index in [1.807, 2.05) is 12.1 Å². The second-order valence-corrected chi connectivity index (χ2v) is 10.1. The van der Waals surface area contributed by atoms with E-state index in [0.717, 1.165) is 25.2 Å². The van der Waals surface area contributed by atoms with E-state index in [-0.39, 0.29) is 22.5 Å². The number of hydrogen-bond acceptors (Lipinski definition) is 4. The summed E-state index contributed by atoms with van der Waals surface area (Å²) >= 11 is 6.17. The molecule has 174 valence electrons. The Hall–Kier alpha value is -2.63. The highest BCUT2D eigenvalue weighted by atomic mass is 35.5. The van der Waals surface area contributed by atoms with Gasteiger partial charge in [0.2, 0.25) is 5.76 Å². The highest BCUT2D eigenvalue weighted by Gasteiger charge is 2.42. The molecule has 6 heteroatoms. The summed E-state index contributed by atoms with van der Waals surface area (Å²) in [6.45, 7) is 13.7. The van der Waals surface area contributed by atoms with Crippen LogP contribution in [0.15, 0.2) is 51.7 Å². The minimum atomic E-state index is -0.489. The number of carbonyl (C=O) groups is 1. The second kappa shape index (κ2) is 8.96. The van der Waals surface area contributed by atoms with Crippen molar-refractivity contribution < 1.29 is 9.21 Å². The fraction of sp³-hybridized carbons (Fsp3) is 0.407. The second-order valence-electron chi connectivity index (χ2n) is 9.61. The van der Waals surface area contributed by atoms with Gasteiger partial charge in [-0.3, -0.25) is 9.59 Å². The largest absolute Gasteiger partial charge is 0.450 e. The molecule has 2 heterocycles. The van der Waals surface area contributed by atoms with E-state index >= 15 is 0 Å². The number of carbonyl (C=O) groups excluding carboxylic acids is 1. The Labute approximate surface area is 199 Å². The van der Waals surface area contributed by atoms with Gasteiger partial charge in [-0.2, -0.15) is 0 Å². The van der Waals surface area contributed by atoms with Crippen LogP contribution in [0.2, 0.25) is 5.02 Å². The number of benzene rings is 2. The van der Waals surface area contributed by atoms with Crippen molar-refractivity contribution in [3.63, 3.8) is 0 Å². The van der Waals surface area contributed by atoms with Crippen LogP contribution in [-0.2, 0) is 5.41 Å². The number of fused-ring (bicyclic) bond motifs is 2. The average molecular weight is 467 g/mol. The Kier molecular flexibility index (Phi) is 6.39. The van der Waals surface area contributed by atoms with Gasteiger partial charge in [0.25, 0.3) is 5.91 Å². The monoisotopic (exact) mass is 466 g/mol. The van der Waals surface area contributed by atoms with Gasteiger partial charge in [0.15, 0.2) is 5.43 Å². The zero-order valence-electron chi connectivity index (χ0n) is 19.9. The Morgan fingerprint density at radius 1 is 1.03 bits per heavy atom. The first-order chi connectivity index (χ1) is 15.7. The van der Waals surface area contributed by atoms with Gasteiger partial charge in [-0.05, 0) is 47.8 Å². The Bertz CT molecular complexity index is 1240. The van der Waals surface area contributed by atoms with Crippen molar-refractivity contribution >= 4 is 28.5 Å². The molecule has 0 aliphatic carbocycles. The molecule has 0 saturated carbocycles. The van der Waals surface area contributed by atoms with Crippen LogP contribution in [0.3, 0.4) is 0 Å². The number of likely N-dealkylation sites (N-methyl/N-ethyl adjacent to an activating group) is 1. The van der Waals surface area contributed by atoms with E-state index in [1.54, 1.807) is 23.1 Å². The van der Waals surface area contributed by atoms with Crippen LogP contribution in [-0.4, -0.2) is 41.9 Å². The molecule has 0 spiro atoms. The molecule has 0 radical (unpaired) electrons. The van der Waals surface area contributed by atoms with E-state index in [9.17, 15) is 9.59 Å². The van der Waals surface area contributed by atoms with Crippen molar-refractivity contribution in [2.75, 3.05) is 26.2 Å². The van der Waals surface area contributed by atoms with E-state index in [0.29, 0.717) is 28.1 Å². The van der Waals surface area contributed by atoms with Crippen molar-refractivity contribution in [1.29, 1.82) is 0 Å². The molecule has 5 nitrogen and oxygen atoms in total. The van der Waals surface area contributed by atoms with Crippen LogP contribution in [0.4, 0.5) is 0 Å². The van der Waals surface area contributed by atoms with Crippen molar-refractivity contribution in [2.24, 2.45) is 0 Å². The quantitative estimate of drug-likeness (QED) is 0.472. The van der Waals surface area contributed by atoms with Crippen molar-refractivity contribution in [2.45, 2.75) is 46.1 Å². The first-order valence-electron chi connectivity index (χ1n) is 11.6. The summed E-state index contributed by atoms with van der Waals surface area (Å²) < 4.78 is 6.01. The molecule has 1 aromatic heterocycles. The molecule has 33 heavy (non-hydrogen) atoms. The maximum absolute atomic E-state index is 13.6. The number of halogens is 1. The van der Waals surface area contributed by atoms with Gasteiger partial charge in [0, 0.05) is 18.1 Å². The van der Waals surface area contributed by atoms with Crippen LogP contribution in [0.25, 0.3) is 11.0 Å². The lowest BCUT2D eigenvalue weighted by molar-refractivity contribution is 0.0708. The molecule has 1 atom stereocenters. The molecule has 1 aliphatic rings. The fourth-order valence-corrected chi connectivity index (χ4v) is 4.70. The lowest BCUT2D eigenvalue weighted by Crippen LogP contribution is -2.37. The topological polar surface area (TPSA) is 53.8 Å².